The fraction of sp³-hybridized carbons (Fsp3) is 0.562. The maximum atomic E-state index is 12.1. The van der Waals surface area contributed by atoms with E-state index in [-0.39, 0.29) is 5.91 Å². The lowest BCUT2D eigenvalue weighted by Gasteiger charge is -2.16. The summed E-state index contributed by atoms with van der Waals surface area (Å²) in [6, 6.07) is 7.83. The summed E-state index contributed by atoms with van der Waals surface area (Å²) in [7, 11) is 0. The number of carbonyl (C=O) groups excluding carboxylic acids is 1. The van der Waals surface area contributed by atoms with E-state index in [0.717, 1.165) is 35.2 Å². The van der Waals surface area contributed by atoms with Crippen molar-refractivity contribution in [3.63, 3.8) is 0 Å². The Balaban J connectivity index is 1.54. The number of carbonyl (C=O) groups is 1. The fourth-order valence-corrected chi connectivity index (χ4v) is 3.20. The number of nitrogens with one attached hydrogen (secondary N) is 1. The molecule has 2 saturated carbocycles. The van der Waals surface area contributed by atoms with E-state index in [0.29, 0.717) is 0 Å². The van der Waals surface area contributed by atoms with Crippen LogP contribution in [0.15, 0.2) is 24.3 Å². The summed E-state index contributed by atoms with van der Waals surface area (Å²) in [5.74, 6) is 2.60. The van der Waals surface area contributed by atoms with Gasteiger partial charge in [0, 0.05) is 17.4 Å². The number of amides is 1. The molecule has 0 spiro atoms. The van der Waals surface area contributed by atoms with E-state index >= 15 is 0 Å². The molecule has 1 aromatic carbocycles. The molecule has 0 atom stereocenters. The molecule has 0 radical (unpaired) electrons. The lowest BCUT2D eigenvalue weighted by atomic mass is 9.98. The van der Waals surface area contributed by atoms with E-state index in [2.05, 4.69) is 21.2 Å². The minimum atomic E-state index is 0.0763. The quantitative estimate of drug-likeness (QED) is 0.794. The zero-order valence-electron chi connectivity index (χ0n) is 11.1. The molecule has 102 valence electrons. The van der Waals surface area contributed by atoms with Crippen LogP contribution in [0.25, 0.3) is 0 Å². The first-order valence-electron chi connectivity index (χ1n) is 7.21. The molecule has 0 saturated heterocycles. The molecule has 0 unspecified atom stereocenters. The average Bonchev–Trinajstić information content (AvgIpc) is 3.31. The van der Waals surface area contributed by atoms with E-state index in [1.165, 1.54) is 31.2 Å². The minimum absolute atomic E-state index is 0.0763. The zero-order chi connectivity index (χ0) is 13.2. The predicted molar refractivity (Wildman–Crippen MR) is 80.3 cm³/mol. The largest absolute Gasteiger partial charge is 0.352 e. The third-order valence-corrected chi connectivity index (χ3v) is 4.97. The van der Waals surface area contributed by atoms with Crippen LogP contribution in [0.1, 0.15) is 41.6 Å². The first-order chi connectivity index (χ1) is 9.28. The molecule has 0 heterocycles. The van der Waals surface area contributed by atoms with Gasteiger partial charge < -0.3 is 5.32 Å². The summed E-state index contributed by atoms with van der Waals surface area (Å²) in [6.45, 7) is 0.869. The summed E-state index contributed by atoms with van der Waals surface area (Å²) in [6.07, 6.45) is 5.49. The number of halogens is 1. The molecule has 19 heavy (non-hydrogen) atoms. The monoisotopic (exact) mass is 321 g/mol. The Kier molecular flexibility index (Phi) is 3.92. The molecule has 0 aliphatic heterocycles. The molecule has 3 rings (SSSR count). The Morgan fingerprint density at radius 3 is 2.21 bits per heavy atom. The van der Waals surface area contributed by atoms with E-state index in [4.69, 9.17) is 0 Å². The van der Waals surface area contributed by atoms with E-state index < -0.39 is 0 Å². The molecule has 1 N–H and O–H groups in total. The normalized spacial score (nSPS) is 18.6. The highest BCUT2D eigenvalue weighted by Gasteiger charge is 2.41. The maximum absolute atomic E-state index is 12.1. The molecule has 2 aliphatic rings. The van der Waals surface area contributed by atoms with Crippen molar-refractivity contribution >= 4 is 21.8 Å². The van der Waals surface area contributed by atoms with E-state index in [1.807, 2.05) is 24.3 Å². The highest BCUT2D eigenvalue weighted by molar-refractivity contribution is 9.08. The zero-order valence-corrected chi connectivity index (χ0v) is 12.7. The number of rotatable bonds is 6. The Labute approximate surface area is 123 Å². The summed E-state index contributed by atoms with van der Waals surface area (Å²) in [5.41, 5.74) is 1.97. The highest BCUT2D eigenvalue weighted by Crippen LogP contribution is 2.48. The van der Waals surface area contributed by atoms with Gasteiger partial charge in [-0.3, -0.25) is 4.79 Å². The molecule has 0 bridgehead atoms. The van der Waals surface area contributed by atoms with Crippen molar-refractivity contribution in [3.8, 4) is 0 Å². The van der Waals surface area contributed by atoms with Crippen molar-refractivity contribution in [2.24, 2.45) is 17.8 Å². The van der Waals surface area contributed by atoms with Crippen molar-refractivity contribution in [1.29, 1.82) is 0 Å². The predicted octanol–water partition coefficient (Wildman–Crippen LogP) is 3.75. The van der Waals surface area contributed by atoms with E-state index in [1.54, 1.807) is 0 Å². The van der Waals surface area contributed by atoms with Crippen LogP contribution in [0.4, 0.5) is 0 Å². The SMILES string of the molecule is O=C(NCC(C1CC1)C1CC1)c1ccc(CBr)cc1. The molecule has 2 nitrogen and oxygen atoms in total. The third kappa shape index (κ3) is 3.38. The third-order valence-electron chi connectivity index (χ3n) is 4.32. The first kappa shape index (κ1) is 13.2. The maximum Gasteiger partial charge on any atom is 0.251 e. The van der Waals surface area contributed by atoms with Gasteiger partial charge in [0.2, 0.25) is 0 Å². The lowest BCUT2D eigenvalue weighted by Crippen LogP contribution is -2.31. The van der Waals surface area contributed by atoms with Gasteiger partial charge in [0.25, 0.3) is 5.91 Å². The number of hydrogen-bond acceptors (Lipinski definition) is 1. The Hall–Kier alpha value is -0.830. The van der Waals surface area contributed by atoms with Gasteiger partial charge in [-0.25, -0.2) is 0 Å². The van der Waals surface area contributed by atoms with Crippen molar-refractivity contribution in [2.45, 2.75) is 31.0 Å². The second-order valence-electron chi connectivity index (χ2n) is 5.88. The van der Waals surface area contributed by atoms with Gasteiger partial charge in [-0.05, 0) is 61.1 Å². The molecule has 0 aromatic heterocycles. The molecule has 2 aliphatic carbocycles. The number of hydrogen-bond donors (Lipinski definition) is 1. The van der Waals surface area contributed by atoms with Crippen LogP contribution in [0.5, 0.6) is 0 Å². The topological polar surface area (TPSA) is 29.1 Å². The number of alkyl halides is 1. The Morgan fingerprint density at radius 1 is 1.16 bits per heavy atom. The van der Waals surface area contributed by atoms with Crippen molar-refractivity contribution < 1.29 is 4.79 Å². The summed E-state index contributed by atoms with van der Waals surface area (Å²) >= 11 is 3.41. The first-order valence-corrected chi connectivity index (χ1v) is 8.33. The second-order valence-corrected chi connectivity index (χ2v) is 6.44. The minimum Gasteiger partial charge on any atom is -0.352 e. The number of benzene rings is 1. The van der Waals surface area contributed by atoms with Gasteiger partial charge in [0.05, 0.1) is 0 Å². The van der Waals surface area contributed by atoms with Gasteiger partial charge in [-0.15, -0.1) is 0 Å². The lowest BCUT2D eigenvalue weighted by molar-refractivity contribution is 0.0943. The highest BCUT2D eigenvalue weighted by atomic mass is 79.9. The fourth-order valence-electron chi connectivity index (χ4n) is 2.82. The van der Waals surface area contributed by atoms with Gasteiger partial charge in [0.1, 0.15) is 0 Å². The molecular formula is C16H20BrNO. The summed E-state index contributed by atoms with van der Waals surface area (Å²) < 4.78 is 0. The van der Waals surface area contributed by atoms with Crippen LogP contribution in [0.2, 0.25) is 0 Å². The van der Waals surface area contributed by atoms with Crippen LogP contribution < -0.4 is 5.32 Å². The van der Waals surface area contributed by atoms with Crippen LogP contribution >= 0.6 is 15.9 Å². The smallest absolute Gasteiger partial charge is 0.251 e. The summed E-state index contributed by atoms with van der Waals surface area (Å²) in [4.78, 5) is 12.1. The molecule has 1 aromatic rings. The van der Waals surface area contributed by atoms with Gasteiger partial charge in [-0.1, -0.05) is 28.1 Å². The Bertz CT molecular complexity index is 436. The van der Waals surface area contributed by atoms with Crippen LogP contribution in [-0.4, -0.2) is 12.5 Å². The van der Waals surface area contributed by atoms with Crippen LogP contribution in [0, 0.1) is 17.8 Å². The van der Waals surface area contributed by atoms with Gasteiger partial charge in [-0.2, -0.15) is 0 Å². The second kappa shape index (κ2) is 5.66. The average molecular weight is 322 g/mol. The molecule has 2 fully saturated rings. The van der Waals surface area contributed by atoms with Crippen molar-refractivity contribution in [1.82, 2.24) is 5.32 Å². The Morgan fingerprint density at radius 2 is 1.74 bits per heavy atom. The van der Waals surface area contributed by atoms with Gasteiger partial charge in [0.15, 0.2) is 0 Å². The standard InChI is InChI=1S/C16H20BrNO/c17-9-11-1-3-14(4-2-11)16(19)18-10-15(12-5-6-12)13-7-8-13/h1-4,12-13,15H,5-10H2,(H,18,19). The summed E-state index contributed by atoms with van der Waals surface area (Å²) in [5, 5.41) is 3.96. The molecule has 3 heteroatoms. The molecular weight excluding hydrogens is 302 g/mol. The van der Waals surface area contributed by atoms with Crippen molar-refractivity contribution in [2.75, 3.05) is 6.54 Å². The van der Waals surface area contributed by atoms with Crippen LogP contribution in [-0.2, 0) is 5.33 Å². The van der Waals surface area contributed by atoms with Crippen molar-refractivity contribution in [3.05, 3.63) is 35.4 Å². The van der Waals surface area contributed by atoms with E-state index in [9.17, 15) is 4.79 Å². The van der Waals surface area contributed by atoms with Gasteiger partial charge >= 0.3 is 0 Å². The molecule has 1 amide bonds. The van der Waals surface area contributed by atoms with Crippen LogP contribution in [0.3, 0.4) is 0 Å².